The molecule has 0 unspecified atom stereocenters. The lowest BCUT2D eigenvalue weighted by Crippen LogP contribution is -2.15. The quantitative estimate of drug-likeness (QED) is 0.816. The molecule has 2 aromatic rings. The van der Waals surface area contributed by atoms with Gasteiger partial charge in [-0.1, -0.05) is 12.1 Å². The molecule has 0 aliphatic heterocycles. The van der Waals surface area contributed by atoms with Crippen LogP contribution in [-0.2, 0) is 0 Å². The van der Waals surface area contributed by atoms with Gasteiger partial charge < -0.3 is 11.1 Å². The van der Waals surface area contributed by atoms with Gasteiger partial charge in [0.05, 0.1) is 11.3 Å². The number of hydrogen-bond donors (Lipinski definition) is 2. The molecule has 3 N–H and O–H groups in total. The van der Waals surface area contributed by atoms with E-state index in [1.54, 1.807) is 6.07 Å². The molecule has 1 aromatic carbocycles. The molecule has 4 nitrogen and oxygen atoms in total. The van der Waals surface area contributed by atoms with Gasteiger partial charge in [0.2, 0.25) is 0 Å². The highest BCUT2D eigenvalue weighted by Gasteiger charge is 2.11. The average molecular weight is 353 g/mol. The minimum Gasteiger partial charge on any atom is -0.398 e. The second-order valence-corrected chi connectivity index (χ2v) is 5.01. The lowest BCUT2D eigenvalue weighted by molar-refractivity contribution is 0.102. The molecule has 0 spiro atoms. The zero-order valence-electron chi connectivity index (χ0n) is 9.77. The van der Waals surface area contributed by atoms with Gasteiger partial charge in [-0.3, -0.25) is 9.78 Å². The highest BCUT2D eigenvalue weighted by molar-refractivity contribution is 14.1. The van der Waals surface area contributed by atoms with Crippen LogP contribution in [0.3, 0.4) is 0 Å². The molecule has 5 heteroatoms. The summed E-state index contributed by atoms with van der Waals surface area (Å²) in [5.41, 5.74) is 8.19. The van der Waals surface area contributed by atoms with Crippen molar-refractivity contribution in [2.45, 2.75) is 6.92 Å². The Kier molecular flexibility index (Phi) is 3.81. The van der Waals surface area contributed by atoms with Gasteiger partial charge in [-0.25, -0.2) is 0 Å². The van der Waals surface area contributed by atoms with E-state index in [0.717, 1.165) is 15.0 Å². The molecule has 0 aliphatic carbocycles. The van der Waals surface area contributed by atoms with E-state index >= 15 is 0 Å². The Morgan fingerprint density at radius 2 is 2.11 bits per heavy atom. The average Bonchev–Trinajstić information content (AvgIpc) is 2.32. The number of nitrogens with one attached hydrogen (secondary N) is 1. The molecular formula is C13H12IN3O. The van der Waals surface area contributed by atoms with Crippen LogP contribution in [0.2, 0.25) is 0 Å². The molecule has 0 fully saturated rings. The fourth-order valence-electron chi connectivity index (χ4n) is 1.52. The summed E-state index contributed by atoms with van der Waals surface area (Å²) in [5, 5.41) is 2.82. The Bertz CT molecular complexity index is 599. The molecule has 0 bridgehead atoms. The Morgan fingerprint density at radius 1 is 1.39 bits per heavy atom. The third-order valence-corrected chi connectivity index (χ3v) is 3.38. The van der Waals surface area contributed by atoms with E-state index in [9.17, 15) is 4.79 Å². The topological polar surface area (TPSA) is 68.0 Å². The van der Waals surface area contributed by atoms with E-state index in [0.29, 0.717) is 11.3 Å². The maximum Gasteiger partial charge on any atom is 0.259 e. The summed E-state index contributed by atoms with van der Waals surface area (Å²) >= 11 is 2.17. The van der Waals surface area contributed by atoms with Crippen LogP contribution in [0.25, 0.3) is 0 Å². The van der Waals surface area contributed by atoms with Crippen LogP contribution in [0, 0.1) is 10.5 Å². The van der Waals surface area contributed by atoms with Crippen molar-refractivity contribution >= 4 is 39.9 Å². The maximum absolute atomic E-state index is 12.1. The van der Waals surface area contributed by atoms with Crippen LogP contribution in [0.4, 0.5) is 11.4 Å². The van der Waals surface area contributed by atoms with Crippen LogP contribution in [0.5, 0.6) is 0 Å². The molecule has 0 aliphatic rings. The minimum absolute atomic E-state index is 0.246. The number of amides is 1. The molecule has 18 heavy (non-hydrogen) atoms. The van der Waals surface area contributed by atoms with Crippen LogP contribution in [0.1, 0.15) is 16.1 Å². The number of carbonyl (C=O) groups excluding carboxylic acids is 1. The van der Waals surface area contributed by atoms with Gasteiger partial charge in [0, 0.05) is 21.1 Å². The largest absolute Gasteiger partial charge is 0.398 e. The Labute approximate surface area is 119 Å². The molecule has 2 rings (SSSR count). The van der Waals surface area contributed by atoms with E-state index in [1.165, 1.54) is 6.20 Å². The molecule has 0 saturated carbocycles. The second kappa shape index (κ2) is 5.34. The SMILES string of the molecule is Cc1cc(N)c(C(=O)Nc2ccccc2I)cn1. The minimum atomic E-state index is -0.246. The van der Waals surface area contributed by atoms with Crippen LogP contribution in [0.15, 0.2) is 36.5 Å². The summed E-state index contributed by atoms with van der Waals surface area (Å²) in [4.78, 5) is 16.1. The lowest BCUT2D eigenvalue weighted by Gasteiger charge is -2.09. The first-order valence-electron chi connectivity index (χ1n) is 5.36. The maximum atomic E-state index is 12.1. The third-order valence-electron chi connectivity index (χ3n) is 2.44. The molecule has 92 valence electrons. The smallest absolute Gasteiger partial charge is 0.259 e. The predicted molar refractivity (Wildman–Crippen MR) is 80.5 cm³/mol. The summed E-state index contributed by atoms with van der Waals surface area (Å²) in [6.07, 6.45) is 1.50. The molecule has 0 saturated heterocycles. The third kappa shape index (κ3) is 2.79. The van der Waals surface area contributed by atoms with E-state index in [4.69, 9.17) is 5.73 Å². The van der Waals surface area contributed by atoms with Crippen molar-refractivity contribution in [1.29, 1.82) is 0 Å². The van der Waals surface area contributed by atoms with Gasteiger partial charge in [0.1, 0.15) is 0 Å². The predicted octanol–water partition coefficient (Wildman–Crippen LogP) is 2.83. The Morgan fingerprint density at radius 3 is 2.78 bits per heavy atom. The number of anilines is 2. The summed E-state index contributed by atoms with van der Waals surface area (Å²) < 4.78 is 0.974. The lowest BCUT2D eigenvalue weighted by atomic mass is 10.2. The summed E-state index contributed by atoms with van der Waals surface area (Å²) in [5.74, 6) is -0.246. The number of para-hydroxylation sites is 1. The number of nitrogen functional groups attached to an aromatic ring is 1. The van der Waals surface area contributed by atoms with E-state index in [-0.39, 0.29) is 5.91 Å². The van der Waals surface area contributed by atoms with Crippen molar-refractivity contribution in [1.82, 2.24) is 4.98 Å². The molecule has 1 heterocycles. The van der Waals surface area contributed by atoms with Gasteiger partial charge in [-0.05, 0) is 47.7 Å². The van der Waals surface area contributed by atoms with Crippen molar-refractivity contribution in [3.63, 3.8) is 0 Å². The van der Waals surface area contributed by atoms with Gasteiger partial charge in [0.25, 0.3) is 5.91 Å². The van der Waals surface area contributed by atoms with Gasteiger partial charge in [-0.15, -0.1) is 0 Å². The van der Waals surface area contributed by atoms with Gasteiger partial charge in [0.15, 0.2) is 0 Å². The van der Waals surface area contributed by atoms with Crippen molar-refractivity contribution in [3.8, 4) is 0 Å². The fraction of sp³-hybridized carbons (Fsp3) is 0.0769. The van der Waals surface area contributed by atoms with Crippen LogP contribution in [-0.4, -0.2) is 10.9 Å². The number of nitrogens with zero attached hydrogens (tertiary/aromatic N) is 1. The summed E-state index contributed by atoms with van der Waals surface area (Å²) in [6.45, 7) is 1.83. The number of rotatable bonds is 2. The fourth-order valence-corrected chi connectivity index (χ4v) is 2.05. The van der Waals surface area contributed by atoms with E-state index in [2.05, 4.69) is 32.9 Å². The first-order chi connectivity index (χ1) is 8.58. The number of halogens is 1. The normalized spacial score (nSPS) is 10.1. The number of carbonyl (C=O) groups is 1. The number of nitrogens with two attached hydrogens (primary N) is 1. The summed E-state index contributed by atoms with van der Waals surface area (Å²) in [6, 6.07) is 9.24. The van der Waals surface area contributed by atoms with E-state index in [1.807, 2.05) is 31.2 Å². The Balaban J connectivity index is 2.25. The van der Waals surface area contributed by atoms with Gasteiger partial charge in [-0.2, -0.15) is 0 Å². The van der Waals surface area contributed by atoms with Crippen molar-refractivity contribution in [3.05, 3.63) is 51.4 Å². The number of benzene rings is 1. The number of pyridine rings is 1. The first kappa shape index (κ1) is 12.8. The zero-order valence-corrected chi connectivity index (χ0v) is 11.9. The number of aromatic nitrogens is 1. The molecular weight excluding hydrogens is 341 g/mol. The van der Waals surface area contributed by atoms with Crippen molar-refractivity contribution in [2.75, 3.05) is 11.1 Å². The zero-order chi connectivity index (χ0) is 13.1. The monoisotopic (exact) mass is 353 g/mol. The summed E-state index contributed by atoms with van der Waals surface area (Å²) in [7, 11) is 0. The van der Waals surface area contributed by atoms with Crippen LogP contribution < -0.4 is 11.1 Å². The first-order valence-corrected chi connectivity index (χ1v) is 6.44. The molecule has 0 atom stereocenters. The molecule has 0 radical (unpaired) electrons. The molecule has 1 amide bonds. The van der Waals surface area contributed by atoms with Gasteiger partial charge >= 0.3 is 0 Å². The highest BCUT2D eigenvalue weighted by Crippen LogP contribution is 2.19. The standard InChI is InChI=1S/C13H12IN3O/c1-8-6-11(15)9(7-16-8)13(18)17-12-5-3-2-4-10(12)14/h2-7H,1H3,(H2,15,16)(H,17,18). The second-order valence-electron chi connectivity index (χ2n) is 3.85. The Hall–Kier alpha value is -1.63. The van der Waals surface area contributed by atoms with E-state index < -0.39 is 0 Å². The highest BCUT2D eigenvalue weighted by atomic mass is 127. The van der Waals surface area contributed by atoms with Crippen LogP contribution >= 0.6 is 22.6 Å². The van der Waals surface area contributed by atoms with Crippen molar-refractivity contribution < 1.29 is 4.79 Å². The number of aryl methyl sites for hydroxylation is 1. The molecule has 1 aromatic heterocycles. The number of hydrogen-bond acceptors (Lipinski definition) is 3. The van der Waals surface area contributed by atoms with Crippen molar-refractivity contribution in [2.24, 2.45) is 0 Å².